The Morgan fingerprint density at radius 2 is 1.83 bits per heavy atom. The number of rotatable bonds is 8. The zero-order chi connectivity index (χ0) is 17.2. The number of benzene rings is 2. The van der Waals surface area contributed by atoms with Crippen LogP contribution >= 0.6 is 15.9 Å². The van der Waals surface area contributed by atoms with Crippen molar-refractivity contribution in [3.8, 4) is 0 Å². The number of carbonyl (C=O) groups excluding carboxylic acids is 1. The van der Waals surface area contributed by atoms with Crippen LogP contribution in [0.4, 0.5) is 0 Å². The number of aliphatic hydroxyl groups is 1. The molecule has 24 heavy (non-hydrogen) atoms. The number of hydrogen-bond acceptors (Lipinski definition) is 3. The van der Waals surface area contributed by atoms with Crippen molar-refractivity contribution in [2.45, 2.75) is 25.4 Å². The van der Waals surface area contributed by atoms with Gasteiger partial charge in [0.2, 0.25) is 0 Å². The predicted octanol–water partition coefficient (Wildman–Crippen LogP) is 4.60. The van der Waals surface area contributed by atoms with Crippen LogP contribution in [0.2, 0.25) is 0 Å². The van der Waals surface area contributed by atoms with Gasteiger partial charge >= 0.3 is 5.97 Å². The number of hydrogen-bond donors (Lipinski definition) is 1. The van der Waals surface area contributed by atoms with Crippen LogP contribution in [0.1, 0.15) is 29.9 Å². The van der Waals surface area contributed by atoms with Crippen molar-refractivity contribution in [3.05, 3.63) is 82.3 Å². The number of esters is 1. The fourth-order valence-corrected chi connectivity index (χ4v) is 2.62. The molecule has 126 valence electrons. The van der Waals surface area contributed by atoms with Gasteiger partial charge in [-0.15, -0.1) is 0 Å². The molecule has 0 amide bonds. The van der Waals surface area contributed by atoms with Gasteiger partial charge in [-0.25, -0.2) is 4.79 Å². The lowest BCUT2D eigenvalue weighted by molar-refractivity contribution is -0.139. The van der Waals surface area contributed by atoms with Crippen LogP contribution in [0.15, 0.2) is 71.2 Å². The fourth-order valence-electron chi connectivity index (χ4n) is 2.35. The first-order chi connectivity index (χ1) is 11.7. The third kappa shape index (κ3) is 6.30. The number of carbonyl (C=O) groups is 1. The minimum Gasteiger partial charge on any atom is -0.458 e. The molecule has 0 saturated heterocycles. The number of aliphatic hydroxyl groups excluding tert-OH is 1. The highest BCUT2D eigenvalue weighted by Crippen LogP contribution is 2.22. The lowest BCUT2D eigenvalue weighted by atomic mass is 9.95. The van der Waals surface area contributed by atoms with Gasteiger partial charge in [-0.3, -0.25) is 0 Å². The van der Waals surface area contributed by atoms with Gasteiger partial charge in [-0.1, -0.05) is 64.5 Å². The summed E-state index contributed by atoms with van der Waals surface area (Å²) in [5.74, 6) is -0.272. The molecule has 0 aliphatic rings. The Morgan fingerprint density at radius 3 is 2.50 bits per heavy atom. The van der Waals surface area contributed by atoms with Crippen LogP contribution in [0.25, 0.3) is 0 Å². The quantitative estimate of drug-likeness (QED) is 0.530. The van der Waals surface area contributed by atoms with Crippen LogP contribution in [-0.4, -0.2) is 17.7 Å². The van der Waals surface area contributed by atoms with E-state index in [4.69, 9.17) is 4.74 Å². The molecule has 1 N–H and O–H groups in total. The third-order valence-electron chi connectivity index (χ3n) is 3.72. The Labute approximate surface area is 151 Å². The second kappa shape index (κ2) is 10.1. The Bertz CT molecular complexity index is 650. The maximum atomic E-state index is 11.7. The van der Waals surface area contributed by atoms with Gasteiger partial charge in [0.15, 0.2) is 0 Å². The maximum absolute atomic E-state index is 11.7. The van der Waals surface area contributed by atoms with Crippen molar-refractivity contribution < 1.29 is 14.6 Å². The molecule has 0 spiro atoms. The zero-order valence-corrected chi connectivity index (χ0v) is 15.0. The fraction of sp³-hybridized carbons (Fsp3) is 0.250. The molecule has 0 saturated carbocycles. The Hall–Kier alpha value is -1.91. The molecule has 0 heterocycles. The highest BCUT2D eigenvalue weighted by Gasteiger charge is 2.09. The van der Waals surface area contributed by atoms with E-state index in [9.17, 15) is 9.90 Å². The summed E-state index contributed by atoms with van der Waals surface area (Å²) in [5.41, 5.74) is 2.07. The third-order valence-corrected chi connectivity index (χ3v) is 4.25. The van der Waals surface area contributed by atoms with Crippen molar-refractivity contribution in [3.63, 3.8) is 0 Å². The van der Waals surface area contributed by atoms with E-state index in [1.54, 1.807) is 6.08 Å². The minimum absolute atomic E-state index is 0.0723. The summed E-state index contributed by atoms with van der Waals surface area (Å²) in [7, 11) is 0. The molecule has 0 fully saturated rings. The van der Waals surface area contributed by atoms with Crippen molar-refractivity contribution in [2.75, 3.05) is 6.61 Å². The van der Waals surface area contributed by atoms with E-state index in [1.165, 1.54) is 6.08 Å². The second-order valence-electron chi connectivity index (χ2n) is 5.50. The molecule has 0 aliphatic heterocycles. The van der Waals surface area contributed by atoms with Gasteiger partial charge in [0.1, 0.15) is 6.61 Å². The number of halogens is 1. The average Bonchev–Trinajstić information content (AvgIpc) is 2.62. The van der Waals surface area contributed by atoms with Crippen LogP contribution in [0.5, 0.6) is 0 Å². The lowest BCUT2D eigenvalue weighted by Gasteiger charge is -2.13. The largest absolute Gasteiger partial charge is 0.458 e. The van der Waals surface area contributed by atoms with E-state index in [2.05, 4.69) is 15.9 Å². The van der Waals surface area contributed by atoms with Gasteiger partial charge in [-0.2, -0.15) is 0 Å². The van der Waals surface area contributed by atoms with E-state index in [-0.39, 0.29) is 25.1 Å². The molecule has 0 aromatic heterocycles. The molecule has 0 radical (unpaired) electrons. The molecular weight excluding hydrogens is 368 g/mol. The van der Waals surface area contributed by atoms with Gasteiger partial charge < -0.3 is 9.84 Å². The summed E-state index contributed by atoms with van der Waals surface area (Å²) >= 11 is 3.40. The van der Waals surface area contributed by atoms with Crippen LogP contribution in [0, 0.1) is 0 Å². The van der Waals surface area contributed by atoms with Gasteiger partial charge in [-0.05, 0) is 36.1 Å². The first kappa shape index (κ1) is 18.4. The monoisotopic (exact) mass is 388 g/mol. The maximum Gasteiger partial charge on any atom is 0.330 e. The average molecular weight is 389 g/mol. The van der Waals surface area contributed by atoms with E-state index >= 15 is 0 Å². The van der Waals surface area contributed by atoms with Gasteiger partial charge in [0, 0.05) is 23.1 Å². The standard InChI is InChI=1S/C20H21BrO3/c21-19-12-10-17(11-13-19)18(14-22)8-4-5-9-20(23)24-15-16-6-2-1-3-7-16/h1-3,5-7,9-13,18,22H,4,8,14-15H2/b9-5+. The molecule has 4 heteroatoms. The smallest absolute Gasteiger partial charge is 0.330 e. The van der Waals surface area contributed by atoms with E-state index < -0.39 is 0 Å². The summed E-state index contributed by atoms with van der Waals surface area (Å²) in [5, 5.41) is 9.54. The van der Waals surface area contributed by atoms with Crippen molar-refractivity contribution >= 4 is 21.9 Å². The molecule has 1 unspecified atom stereocenters. The van der Waals surface area contributed by atoms with Gasteiger partial charge in [0.05, 0.1) is 0 Å². The Kier molecular flexibility index (Phi) is 7.72. The number of allylic oxidation sites excluding steroid dienone is 1. The van der Waals surface area contributed by atoms with Crippen molar-refractivity contribution in [1.29, 1.82) is 0 Å². The summed E-state index contributed by atoms with van der Waals surface area (Å²) < 4.78 is 6.20. The lowest BCUT2D eigenvalue weighted by Crippen LogP contribution is -2.04. The molecule has 0 aliphatic carbocycles. The molecule has 0 bridgehead atoms. The Morgan fingerprint density at radius 1 is 1.12 bits per heavy atom. The molecule has 2 aromatic rings. The SMILES string of the molecule is O=C(/C=C/CCC(CO)c1ccc(Br)cc1)OCc1ccccc1. The Balaban J connectivity index is 1.74. The molecule has 3 nitrogen and oxygen atoms in total. The van der Waals surface area contributed by atoms with Crippen LogP contribution in [-0.2, 0) is 16.1 Å². The summed E-state index contributed by atoms with van der Waals surface area (Å²) in [6.45, 7) is 0.371. The first-order valence-electron chi connectivity index (χ1n) is 7.92. The van der Waals surface area contributed by atoms with E-state index in [0.717, 1.165) is 22.0 Å². The highest BCUT2D eigenvalue weighted by atomic mass is 79.9. The summed E-state index contributed by atoms with van der Waals surface area (Å²) in [4.78, 5) is 11.7. The minimum atomic E-state index is -0.344. The predicted molar refractivity (Wildman–Crippen MR) is 98.6 cm³/mol. The van der Waals surface area contributed by atoms with Crippen LogP contribution in [0.3, 0.4) is 0 Å². The molecule has 2 rings (SSSR count). The second-order valence-corrected chi connectivity index (χ2v) is 6.42. The van der Waals surface area contributed by atoms with Crippen LogP contribution < -0.4 is 0 Å². The summed E-state index contributed by atoms with van der Waals surface area (Å²) in [6, 6.07) is 17.5. The molecule has 2 aromatic carbocycles. The summed E-state index contributed by atoms with van der Waals surface area (Å²) in [6.07, 6.45) is 4.75. The first-order valence-corrected chi connectivity index (χ1v) is 8.72. The molecular formula is C20H21BrO3. The zero-order valence-electron chi connectivity index (χ0n) is 13.4. The van der Waals surface area contributed by atoms with Crippen molar-refractivity contribution in [2.24, 2.45) is 0 Å². The molecule has 1 atom stereocenters. The normalized spacial score (nSPS) is 12.2. The van der Waals surface area contributed by atoms with Gasteiger partial charge in [0.25, 0.3) is 0 Å². The van der Waals surface area contributed by atoms with E-state index in [1.807, 2.05) is 54.6 Å². The highest BCUT2D eigenvalue weighted by molar-refractivity contribution is 9.10. The van der Waals surface area contributed by atoms with E-state index in [0.29, 0.717) is 6.42 Å². The topological polar surface area (TPSA) is 46.5 Å². The number of ether oxygens (including phenoxy) is 1. The van der Waals surface area contributed by atoms with Crippen molar-refractivity contribution in [1.82, 2.24) is 0 Å².